The third-order valence-corrected chi connectivity index (χ3v) is 4.27. The Morgan fingerprint density at radius 3 is 2.88 bits per heavy atom. The summed E-state index contributed by atoms with van der Waals surface area (Å²) in [5.41, 5.74) is 0. The number of carboxylic acid groups (broad SMARTS) is 1. The van der Waals surface area contributed by atoms with Crippen molar-refractivity contribution in [3.05, 3.63) is 0 Å². The molecule has 1 heterocycles. The lowest BCUT2D eigenvalue weighted by Crippen LogP contribution is -2.58. The molecule has 0 aromatic heterocycles. The molecule has 2 N–H and O–H groups in total. The number of rotatable bonds is 2. The van der Waals surface area contributed by atoms with Crippen molar-refractivity contribution in [2.75, 3.05) is 19.6 Å². The molecule has 2 fully saturated rings. The number of carboxylic acids is 1. The Bertz CT molecular complexity index is 270. The summed E-state index contributed by atoms with van der Waals surface area (Å²) in [7, 11) is 0. The van der Waals surface area contributed by atoms with Crippen molar-refractivity contribution in [1.29, 1.82) is 0 Å². The van der Waals surface area contributed by atoms with Crippen LogP contribution in [0.5, 0.6) is 0 Å². The van der Waals surface area contributed by atoms with Gasteiger partial charge in [-0.25, -0.2) is 0 Å². The van der Waals surface area contributed by atoms with Crippen molar-refractivity contribution in [1.82, 2.24) is 10.2 Å². The minimum Gasteiger partial charge on any atom is -0.480 e. The largest absolute Gasteiger partial charge is 0.480 e. The lowest BCUT2D eigenvalue weighted by atomic mass is 10.0. The summed E-state index contributed by atoms with van der Waals surface area (Å²) in [5, 5.41) is 12.5. The zero-order chi connectivity index (χ0) is 12.3. The van der Waals surface area contributed by atoms with E-state index in [2.05, 4.69) is 17.1 Å². The molecule has 0 aromatic carbocycles. The maximum atomic E-state index is 11.3. The predicted molar refractivity (Wildman–Crippen MR) is 67.0 cm³/mol. The molecule has 2 aliphatic rings. The Morgan fingerprint density at radius 2 is 2.12 bits per heavy atom. The first-order valence-electron chi connectivity index (χ1n) is 6.87. The Morgan fingerprint density at radius 1 is 1.29 bits per heavy atom. The average molecular weight is 240 g/mol. The fourth-order valence-corrected chi connectivity index (χ4v) is 3.19. The van der Waals surface area contributed by atoms with Gasteiger partial charge in [0.1, 0.15) is 6.04 Å². The molecular weight excluding hydrogens is 216 g/mol. The van der Waals surface area contributed by atoms with Gasteiger partial charge in [0.15, 0.2) is 0 Å². The normalized spacial score (nSPS) is 36.4. The van der Waals surface area contributed by atoms with E-state index in [0.29, 0.717) is 12.6 Å². The molecule has 0 bridgehead atoms. The van der Waals surface area contributed by atoms with Crippen LogP contribution in [0.1, 0.15) is 39.0 Å². The summed E-state index contributed by atoms with van der Waals surface area (Å²) in [5.74, 6) is 0.140. The molecular formula is C13H24N2O2. The van der Waals surface area contributed by atoms with Crippen LogP contribution in [0.25, 0.3) is 0 Å². The van der Waals surface area contributed by atoms with Crippen LogP contribution in [0, 0.1) is 5.92 Å². The van der Waals surface area contributed by atoms with Crippen LogP contribution in [-0.2, 0) is 4.79 Å². The van der Waals surface area contributed by atoms with Crippen molar-refractivity contribution in [2.45, 2.75) is 51.1 Å². The monoisotopic (exact) mass is 240 g/mol. The third kappa shape index (κ3) is 3.19. The fraction of sp³-hybridized carbons (Fsp3) is 0.923. The lowest BCUT2D eigenvalue weighted by Gasteiger charge is -2.39. The molecule has 3 atom stereocenters. The molecule has 3 unspecified atom stereocenters. The average Bonchev–Trinajstić information content (AvgIpc) is 2.54. The quantitative estimate of drug-likeness (QED) is 0.715. The summed E-state index contributed by atoms with van der Waals surface area (Å²) in [6.45, 7) is 4.72. The molecule has 0 aromatic rings. The van der Waals surface area contributed by atoms with Gasteiger partial charge in [-0.05, 0) is 25.2 Å². The number of hydrogen-bond donors (Lipinski definition) is 2. The maximum absolute atomic E-state index is 11.3. The van der Waals surface area contributed by atoms with E-state index in [0.717, 1.165) is 19.0 Å². The number of carbonyl (C=O) groups is 1. The van der Waals surface area contributed by atoms with Crippen LogP contribution in [0.3, 0.4) is 0 Å². The summed E-state index contributed by atoms with van der Waals surface area (Å²) in [4.78, 5) is 13.5. The van der Waals surface area contributed by atoms with Gasteiger partial charge in [-0.2, -0.15) is 0 Å². The van der Waals surface area contributed by atoms with Crippen LogP contribution in [-0.4, -0.2) is 47.7 Å². The molecule has 17 heavy (non-hydrogen) atoms. The SMILES string of the molecule is CC1CCCC(N2CCNCC2C(=O)O)CC1. The van der Waals surface area contributed by atoms with E-state index in [-0.39, 0.29) is 6.04 Å². The standard InChI is InChI=1S/C13H24N2O2/c1-10-3-2-4-11(6-5-10)15-8-7-14-9-12(15)13(16)17/h10-12,14H,2-9H2,1H3,(H,16,17). The number of aliphatic carboxylic acids is 1. The Kier molecular flexibility index (Phi) is 4.40. The molecule has 98 valence electrons. The van der Waals surface area contributed by atoms with Gasteiger partial charge in [-0.3, -0.25) is 9.69 Å². The van der Waals surface area contributed by atoms with E-state index in [1.807, 2.05) is 0 Å². The van der Waals surface area contributed by atoms with E-state index >= 15 is 0 Å². The molecule has 0 radical (unpaired) electrons. The molecule has 4 heteroatoms. The number of hydrogen-bond acceptors (Lipinski definition) is 3. The van der Waals surface area contributed by atoms with Gasteiger partial charge in [0.2, 0.25) is 0 Å². The zero-order valence-corrected chi connectivity index (χ0v) is 10.7. The van der Waals surface area contributed by atoms with Crippen molar-refractivity contribution < 1.29 is 9.90 Å². The number of nitrogens with one attached hydrogen (secondary N) is 1. The summed E-state index contributed by atoms with van der Waals surface area (Å²) >= 11 is 0. The molecule has 1 aliphatic heterocycles. The fourth-order valence-electron chi connectivity index (χ4n) is 3.19. The van der Waals surface area contributed by atoms with Crippen LogP contribution < -0.4 is 5.32 Å². The minimum atomic E-state index is -0.672. The molecule has 1 aliphatic carbocycles. The van der Waals surface area contributed by atoms with Gasteiger partial charge in [-0.1, -0.05) is 19.8 Å². The van der Waals surface area contributed by atoms with Gasteiger partial charge in [0, 0.05) is 25.7 Å². The van der Waals surface area contributed by atoms with Crippen LogP contribution in [0.15, 0.2) is 0 Å². The third-order valence-electron chi connectivity index (χ3n) is 4.27. The summed E-state index contributed by atoms with van der Waals surface area (Å²) < 4.78 is 0. The van der Waals surface area contributed by atoms with Gasteiger partial charge < -0.3 is 10.4 Å². The second-order valence-electron chi connectivity index (χ2n) is 5.56. The van der Waals surface area contributed by atoms with Crippen LogP contribution in [0.4, 0.5) is 0 Å². The highest BCUT2D eigenvalue weighted by Crippen LogP contribution is 2.27. The van der Waals surface area contributed by atoms with E-state index in [1.165, 1.54) is 32.1 Å². The summed E-state index contributed by atoms with van der Waals surface area (Å²) in [6, 6.07) is 0.172. The topological polar surface area (TPSA) is 52.6 Å². The smallest absolute Gasteiger partial charge is 0.322 e. The molecule has 1 saturated heterocycles. The predicted octanol–water partition coefficient (Wildman–Crippen LogP) is 1.31. The van der Waals surface area contributed by atoms with Crippen molar-refractivity contribution in [2.24, 2.45) is 5.92 Å². The van der Waals surface area contributed by atoms with Crippen molar-refractivity contribution >= 4 is 5.97 Å². The summed E-state index contributed by atoms with van der Waals surface area (Å²) in [6.07, 6.45) is 6.16. The van der Waals surface area contributed by atoms with Crippen LogP contribution >= 0.6 is 0 Å². The van der Waals surface area contributed by atoms with Gasteiger partial charge in [0.25, 0.3) is 0 Å². The second kappa shape index (κ2) is 5.83. The highest BCUT2D eigenvalue weighted by atomic mass is 16.4. The molecule has 0 amide bonds. The molecule has 0 spiro atoms. The minimum absolute atomic E-state index is 0.317. The maximum Gasteiger partial charge on any atom is 0.322 e. The Balaban J connectivity index is 2.00. The second-order valence-corrected chi connectivity index (χ2v) is 5.56. The van der Waals surface area contributed by atoms with E-state index in [1.54, 1.807) is 0 Å². The first kappa shape index (κ1) is 12.8. The highest BCUT2D eigenvalue weighted by molar-refractivity contribution is 5.74. The number of piperazine rings is 1. The number of nitrogens with zero attached hydrogens (tertiary/aromatic N) is 1. The molecule has 2 rings (SSSR count). The Hall–Kier alpha value is -0.610. The first-order chi connectivity index (χ1) is 8.18. The highest BCUT2D eigenvalue weighted by Gasteiger charge is 2.33. The van der Waals surface area contributed by atoms with Crippen LogP contribution in [0.2, 0.25) is 0 Å². The van der Waals surface area contributed by atoms with Gasteiger partial charge >= 0.3 is 5.97 Å². The Labute approximate surface area is 103 Å². The lowest BCUT2D eigenvalue weighted by molar-refractivity contribution is -0.145. The van der Waals surface area contributed by atoms with Gasteiger partial charge in [0.05, 0.1) is 0 Å². The van der Waals surface area contributed by atoms with Crippen molar-refractivity contribution in [3.8, 4) is 0 Å². The van der Waals surface area contributed by atoms with Crippen molar-refractivity contribution in [3.63, 3.8) is 0 Å². The van der Waals surface area contributed by atoms with E-state index in [9.17, 15) is 9.90 Å². The van der Waals surface area contributed by atoms with Gasteiger partial charge in [-0.15, -0.1) is 0 Å². The first-order valence-corrected chi connectivity index (χ1v) is 6.87. The molecule has 4 nitrogen and oxygen atoms in total. The molecule has 1 saturated carbocycles. The van der Waals surface area contributed by atoms with E-state index < -0.39 is 5.97 Å². The van der Waals surface area contributed by atoms with E-state index in [4.69, 9.17) is 0 Å². The zero-order valence-electron chi connectivity index (χ0n) is 10.7.